The van der Waals surface area contributed by atoms with Gasteiger partial charge in [-0.15, -0.1) is 0 Å². The predicted molar refractivity (Wildman–Crippen MR) is 152 cm³/mol. The van der Waals surface area contributed by atoms with Gasteiger partial charge in [0, 0.05) is 43.5 Å². The largest absolute Gasteiger partial charge is 0.480 e. The van der Waals surface area contributed by atoms with Gasteiger partial charge >= 0.3 is 5.97 Å². The lowest BCUT2D eigenvalue weighted by Crippen LogP contribution is -2.42. The van der Waals surface area contributed by atoms with Crippen LogP contribution in [0.3, 0.4) is 0 Å². The van der Waals surface area contributed by atoms with E-state index >= 15 is 0 Å². The quantitative estimate of drug-likeness (QED) is 0.334. The van der Waals surface area contributed by atoms with Gasteiger partial charge < -0.3 is 20.6 Å². The Hall–Kier alpha value is -3.94. The normalized spacial score (nSPS) is 14.6. The number of carboxylic acids is 1. The Labute approximate surface area is 229 Å². The summed E-state index contributed by atoms with van der Waals surface area (Å²) in [5.74, 6) is -0.509. The number of nitrogens with one attached hydrogen (secondary N) is 2. The molecule has 1 unspecified atom stereocenters. The number of aliphatic carboxylic acids is 1. The highest BCUT2D eigenvalue weighted by molar-refractivity contribution is 5.99. The van der Waals surface area contributed by atoms with Crippen molar-refractivity contribution in [2.75, 3.05) is 29.9 Å². The van der Waals surface area contributed by atoms with Crippen LogP contribution in [0.4, 0.5) is 15.9 Å². The molecule has 1 aliphatic heterocycles. The van der Waals surface area contributed by atoms with Crippen LogP contribution in [0.5, 0.6) is 0 Å². The number of pyridine rings is 1. The van der Waals surface area contributed by atoms with E-state index in [4.69, 9.17) is 0 Å². The minimum absolute atomic E-state index is 0.157. The average molecular weight is 533 g/mol. The van der Waals surface area contributed by atoms with Gasteiger partial charge in [-0.1, -0.05) is 19.1 Å². The van der Waals surface area contributed by atoms with E-state index in [9.17, 15) is 19.1 Å². The highest BCUT2D eigenvalue weighted by Gasteiger charge is 2.24. The zero-order chi connectivity index (χ0) is 27.9. The molecule has 0 aliphatic carbocycles. The molecule has 3 aromatic rings. The number of nitrogens with zero attached hydrogens (tertiary/aromatic N) is 2. The standard InChI is InChI=1S/C31H37FN4O3/c1-4-24-18-25(32)16-21(3)29(24)30(37)35-27(31(38)39)17-22-5-7-26(8-6-22)36-13-10-23(11-14-36)19-34-28-15-20(2)9-12-33-28/h5-9,12,15-16,18,23,27H,4,10-11,13-14,17,19H2,1-3H3,(H,33,34)(H,35,37)(H,38,39). The zero-order valence-corrected chi connectivity index (χ0v) is 22.8. The third-order valence-corrected chi connectivity index (χ3v) is 7.44. The molecule has 39 heavy (non-hydrogen) atoms. The van der Waals surface area contributed by atoms with Gasteiger partial charge in [0.2, 0.25) is 0 Å². The van der Waals surface area contributed by atoms with Crippen molar-refractivity contribution in [3.63, 3.8) is 0 Å². The van der Waals surface area contributed by atoms with Crippen LogP contribution in [0.25, 0.3) is 0 Å². The van der Waals surface area contributed by atoms with Crippen molar-refractivity contribution in [1.29, 1.82) is 0 Å². The van der Waals surface area contributed by atoms with Gasteiger partial charge in [-0.3, -0.25) is 4.79 Å². The van der Waals surface area contributed by atoms with E-state index in [0.29, 0.717) is 29.0 Å². The van der Waals surface area contributed by atoms with E-state index in [-0.39, 0.29) is 6.42 Å². The van der Waals surface area contributed by atoms with Crippen LogP contribution in [-0.4, -0.2) is 47.6 Å². The minimum atomic E-state index is -1.11. The Bertz CT molecular complexity index is 1300. The number of piperidine rings is 1. The molecular formula is C31H37FN4O3. The number of hydrogen-bond acceptors (Lipinski definition) is 5. The monoisotopic (exact) mass is 532 g/mol. The second kappa shape index (κ2) is 12.7. The number of aryl methyl sites for hydroxylation is 3. The summed E-state index contributed by atoms with van der Waals surface area (Å²) >= 11 is 0. The highest BCUT2D eigenvalue weighted by atomic mass is 19.1. The summed E-state index contributed by atoms with van der Waals surface area (Å²) in [4.78, 5) is 31.7. The van der Waals surface area contributed by atoms with Gasteiger partial charge in [0.1, 0.15) is 17.7 Å². The third kappa shape index (κ3) is 7.34. The molecule has 0 radical (unpaired) electrons. The van der Waals surface area contributed by atoms with Gasteiger partial charge in [0.05, 0.1) is 0 Å². The molecule has 4 rings (SSSR count). The Morgan fingerprint density at radius 3 is 2.46 bits per heavy atom. The lowest BCUT2D eigenvalue weighted by Gasteiger charge is -2.34. The molecule has 1 fully saturated rings. The van der Waals surface area contributed by atoms with E-state index < -0.39 is 23.7 Å². The third-order valence-electron chi connectivity index (χ3n) is 7.44. The fourth-order valence-electron chi connectivity index (χ4n) is 5.20. The van der Waals surface area contributed by atoms with Crippen LogP contribution in [0.1, 0.15) is 52.4 Å². The van der Waals surface area contributed by atoms with E-state index in [2.05, 4.69) is 33.5 Å². The summed E-state index contributed by atoms with van der Waals surface area (Å²) in [6, 6.07) is 13.5. The Morgan fingerprint density at radius 2 is 1.82 bits per heavy atom. The number of carbonyl (C=O) groups is 2. The fraction of sp³-hybridized carbons (Fsp3) is 0.387. The van der Waals surface area contributed by atoms with Crippen molar-refractivity contribution in [2.45, 2.75) is 52.5 Å². The van der Waals surface area contributed by atoms with Gasteiger partial charge in [-0.2, -0.15) is 0 Å². The van der Waals surface area contributed by atoms with Crippen LogP contribution < -0.4 is 15.5 Å². The van der Waals surface area contributed by atoms with Crippen LogP contribution in [-0.2, 0) is 17.6 Å². The van der Waals surface area contributed by atoms with E-state index in [0.717, 1.165) is 49.5 Å². The van der Waals surface area contributed by atoms with Crippen molar-refractivity contribution >= 4 is 23.4 Å². The maximum absolute atomic E-state index is 13.8. The first kappa shape index (κ1) is 28.1. The van der Waals surface area contributed by atoms with Gasteiger partial charge in [-0.25, -0.2) is 14.2 Å². The highest BCUT2D eigenvalue weighted by Crippen LogP contribution is 2.25. The molecule has 1 aromatic heterocycles. The molecule has 206 valence electrons. The Kier molecular flexibility index (Phi) is 9.17. The average Bonchev–Trinajstić information content (AvgIpc) is 2.91. The molecule has 1 atom stereocenters. The van der Waals surface area contributed by atoms with Crippen LogP contribution in [0.15, 0.2) is 54.7 Å². The van der Waals surface area contributed by atoms with Crippen molar-refractivity contribution in [3.8, 4) is 0 Å². The van der Waals surface area contributed by atoms with Crippen LogP contribution in [0, 0.1) is 25.6 Å². The summed E-state index contributed by atoms with van der Waals surface area (Å²) in [7, 11) is 0. The number of hydrogen-bond donors (Lipinski definition) is 3. The summed E-state index contributed by atoms with van der Waals surface area (Å²) < 4.78 is 13.8. The molecule has 8 heteroatoms. The number of aromatic nitrogens is 1. The summed E-state index contributed by atoms with van der Waals surface area (Å²) in [5.41, 5.74) is 4.51. The molecular weight excluding hydrogens is 495 g/mol. The fourth-order valence-corrected chi connectivity index (χ4v) is 5.20. The van der Waals surface area contributed by atoms with Gasteiger partial charge in [0.15, 0.2) is 0 Å². The van der Waals surface area contributed by atoms with E-state index in [1.807, 2.05) is 43.5 Å². The number of carbonyl (C=O) groups excluding carboxylic acids is 1. The van der Waals surface area contributed by atoms with E-state index in [1.54, 1.807) is 6.92 Å². The lowest BCUT2D eigenvalue weighted by molar-refractivity contribution is -0.139. The number of benzene rings is 2. The maximum atomic E-state index is 13.8. The minimum Gasteiger partial charge on any atom is -0.480 e. The lowest BCUT2D eigenvalue weighted by atomic mass is 9.96. The zero-order valence-electron chi connectivity index (χ0n) is 22.8. The number of carboxylic acid groups (broad SMARTS) is 1. The van der Waals surface area contributed by atoms with Crippen molar-refractivity contribution in [1.82, 2.24) is 10.3 Å². The Morgan fingerprint density at radius 1 is 1.10 bits per heavy atom. The molecule has 1 amide bonds. The van der Waals surface area contributed by atoms with Gasteiger partial charge in [-0.05, 0) is 97.7 Å². The molecule has 3 N–H and O–H groups in total. The molecule has 0 bridgehead atoms. The van der Waals surface area contributed by atoms with Crippen LogP contribution >= 0.6 is 0 Å². The number of anilines is 2. The Balaban J connectivity index is 1.32. The molecule has 1 aliphatic rings. The van der Waals surface area contributed by atoms with Crippen molar-refractivity contribution < 1.29 is 19.1 Å². The molecule has 1 saturated heterocycles. The molecule has 0 saturated carbocycles. The maximum Gasteiger partial charge on any atom is 0.326 e. The molecule has 7 nitrogen and oxygen atoms in total. The summed E-state index contributed by atoms with van der Waals surface area (Å²) in [5, 5.41) is 15.9. The first-order chi connectivity index (χ1) is 18.7. The number of amides is 1. The predicted octanol–water partition coefficient (Wildman–Crippen LogP) is 5.15. The summed E-state index contributed by atoms with van der Waals surface area (Å²) in [6.45, 7) is 8.37. The van der Waals surface area contributed by atoms with E-state index in [1.165, 1.54) is 17.7 Å². The smallest absolute Gasteiger partial charge is 0.326 e. The molecule has 0 spiro atoms. The SMILES string of the molecule is CCc1cc(F)cc(C)c1C(=O)NC(Cc1ccc(N2CCC(CNc3cc(C)ccn3)CC2)cc1)C(=O)O. The van der Waals surface area contributed by atoms with Crippen molar-refractivity contribution in [2.24, 2.45) is 5.92 Å². The molecule has 2 heterocycles. The second-order valence-electron chi connectivity index (χ2n) is 10.4. The first-order valence-electron chi connectivity index (χ1n) is 13.6. The summed E-state index contributed by atoms with van der Waals surface area (Å²) in [6.07, 6.45) is 4.61. The number of halogens is 1. The van der Waals surface area contributed by atoms with Gasteiger partial charge in [0.25, 0.3) is 5.91 Å². The van der Waals surface area contributed by atoms with Crippen molar-refractivity contribution in [3.05, 3.63) is 88.4 Å². The number of rotatable bonds is 10. The van der Waals surface area contributed by atoms with Crippen LogP contribution in [0.2, 0.25) is 0 Å². The first-order valence-corrected chi connectivity index (χ1v) is 13.6. The second-order valence-corrected chi connectivity index (χ2v) is 10.4. The topological polar surface area (TPSA) is 94.6 Å². The molecule has 2 aromatic carbocycles.